The number of thiazole rings is 1. The number of benzene rings is 2. The molecule has 0 saturated heterocycles. The molecule has 1 atom stereocenters. The van der Waals surface area contributed by atoms with Crippen LogP contribution in [0.2, 0.25) is 5.02 Å². The standard InChI is InChI=1S/C21H18ClN3OS/c1-12-19(26)17(20(23)25(12)16-10-6-9-15(22)11-16)21-24-18(13(2)27-21)14-7-4-3-5-8-14/h3-12,23,26H,1-2H3. The molecule has 0 fully saturated rings. The molecule has 0 amide bonds. The van der Waals surface area contributed by atoms with Crippen LogP contribution in [0, 0.1) is 12.3 Å². The third kappa shape index (κ3) is 3.03. The van der Waals surface area contributed by atoms with Crippen molar-refractivity contribution >= 4 is 40.0 Å². The highest BCUT2D eigenvalue weighted by atomic mass is 35.5. The number of amidine groups is 1. The molecular formula is C21H18ClN3OS. The van der Waals surface area contributed by atoms with Gasteiger partial charge in [0.15, 0.2) is 0 Å². The molecule has 1 aliphatic heterocycles. The van der Waals surface area contributed by atoms with Gasteiger partial charge in [-0.1, -0.05) is 48.0 Å². The van der Waals surface area contributed by atoms with Crippen LogP contribution in [0.4, 0.5) is 5.69 Å². The maximum Gasteiger partial charge on any atom is 0.139 e. The molecule has 27 heavy (non-hydrogen) atoms. The zero-order valence-corrected chi connectivity index (χ0v) is 16.5. The first-order chi connectivity index (χ1) is 13.0. The van der Waals surface area contributed by atoms with Gasteiger partial charge in [-0.2, -0.15) is 0 Å². The van der Waals surface area contributed by atoms with Gasteiger partial charge in [-0.25, -0.2) is 4.98 Å². The average molecular weight is 396 g/mol. The summed E-state index contributed by atoms with van der Waals surface area (Å²) < 4.78 is 0. The minimum absolute atomic E-state index is 0.160. The number of anilines is 1. The van der Waals surface area contributed by atoms with Crippen molar-refractivity contribution in [3.8, 4) is 11.3 Å². The van der Waals surface area contributed by atoms with Gasteiger partial charge in [0.25, 0.3) is 0 Å². The molecule has 2 aromatic carbocycles. The number of hydrogen-bond donors (Lipinski definition) is 2. The molecule has 0 radical (unpaired) electrons. The molecule has 1 aromatic heterocycles. The Morgan fingerprint density at radius 1 is 1.15 bits per heavy atom. The van der Waals surface area contributed by atoms with E-state index in [4.69, 9.17) is 22.0 Å². The van der Waals surface area contributed by atoms with Crippen LogP contribution in [0.15, 0.2) is 60.4 Å². The quantitative estimate of drug-likeness (QED) is 0.578. The molecule has 3 aromatic rings. The van der Waals surface area contributed by atoms with Crippen molar-refractivity contribution in [3.05, 3.63) is 75.3 Å². The average Bonchev–Trinajstić information content (AvgIpc) is 3.13. The first-order valence-corrected chi connectivity index (χ1v) is 9.77. The Balaban J connectivity index is 1.75. The zero-order chi connectivity index (χ0) is 19.1. The smallest absolute Gasteiger partial charge is 0.139 e. The normalized spacial score (nSPS) is 17.1. The van der Waals surface area contributed by atoms with Gasteiger partial charge in [-0.3, -0.25) is 5.41 Å². The summed E-state index contributed by atoms with van der Waals surface area (Å²) in [4.78, 5) is 7.58. The van der Waals surface area contributed by atoms with E-state index >= 15 is 0 Å². The van der Waals surface area contributed by atoms with E-state index in [1.54, 1.807) is 17.0 Å². The van der Waals surface area contributed by atoms with Gasteiger partial charge in [0.1, 0.15) is 16.6 Å². The topological polar surface area (TPSA) is 60.2 Å². The fourth-order valence-corrected chi connectivity index (χ4v) is 4.50. The van der Waals surface area contributed by atoms with E-state index in [0.717, 1.165) is 21.8 Å². The summed E-state index contributed by atoms with van der Waals surface area (Å²) in [6, 6.07) is 16.9. The highest BCUT2D eigenvalue weighted by Crippen LogP contribution is 2.39. The Morgan fingerprint density at radius 2 is 1.89 bits per heavy atom. The largest absolute Gasteiger partial charge is 0.509 e. The van der Waals surface area contributed by atoms with Crippen LogP contribution in [-0.2, 0) is 0 Å². The monoisotopic (exact) mass is 395 g/mol. The van der Waals surface area contributed by atoms with Crippen molar-refractivity contribution < 1.29 is 5.11 Å². The Hall–Kier alpha value is -2.63. The van der Waals surface area contributed by atoms with Gasteiger partial charge in [0, 0.05) is 21.2 Å². The predicted octanol–water partition coefficient (Wildman–Crippen LogP) is 5.93. The van der Waals surface area contributed by atoms with Crippen LogP contribution in [0.3, 0.4) is 0 Å². The van der Waals surface area contributed by atoms with E-state index in [9.17, 15) is 5.11 Å². The van der Waals surface area contributed by atoms with Crippen molar-refractivity contribution in [2.24, 2.45) is 0 Å². The third-order valence-corrected chi connectivity index (χ3v) is 5.88. The number of nitrogens with one attached hydrogen (secondary N) is 1. The second-order valence-electron chi connectivity index (χ2n) is 6.42. The van der Waals surface area contributed by atoms with Gasteiger partial charge in [0.2, 0.25) is 0 Å². The Morgan fingerprint density at radius 3 is 2.59 bits per heavy atom. The molecule has 0 bridgehead atoms. The highest BCUT2D eigenvalue weighted by molar-refractivity contribution is 7.13. The number of aliphatic hydroxyl groups excluding tert-OH is 1. The minimum Gasteiger partial charge on any atom is -0.509 e. The Bertz CT molecular complexity index is 1060. The highest BCUT2D eigenvalue weighted by Gasteiger charge is 2.37. The van der Waals surface area contributed by atoms with Gasteiger partial charge < -0.3 is 10.0 Å². The van der Waals surface area contributed by atoms with E-state index < -0.39 is 0 Å². The van der Waals surface area contributed by atoms with Crippen molar-refractivity contribution in [3.63, 3.8) is 0 Å². The van der Waals surface area contributed by atoms with Gasteiger partial charge in [-0.15, -0.1) is 11.3 Å². The maximum absolute atomic E-state index is 10.8. The van der Waals surface area contributed by atoms with Crippen LogP contribution >= 0.6 is 22.9 Å². The fourth-order valence-electron chi connectivity index (χ4n) is 3.32. The second-order valence-corrected chi connectivity index (χ2v) is 8.06. The number of rotatable bonds is 3. The van der Waals surface area contributed by atoms with E-state index in [1.165, 1.54) is 11.3 Å². The van der Waals surface area contributed by atoms with Gasteiger partial charge in [-0.05, 0) is 32.0 Å². The second kappa shape index (κ2) is 6.83. The Kier molecular flexibility index (Phi) is 4.50. The van der Waals surface area contributed by atoms with E-state index in [1.807, 2.05) is 56.3 Å². The lowest BCUT2D eigenvalue weighted by molar-refractivity contribution is 0.384. The summed E-state index contributed by atoms with van der Waals surface area (Å²) in [6.07, 6.45) is 0. The lowest BCUT2D eigenvalue weighted by Gasteiger charge is -2.24. The summed E-state index contributed by atoms with van der Waals surface area (Å²) >= 11 is 7.61. The molecule has 1 aliphatic rings. The lowest BCUT2D eigenvalue weighted by Crippen LogP contribution is -2.33. The van der Waals surface area contributed by atoms with Crippen LogP contribution in [0.25, 0.3) is 16.8 Å². The Labute approximate surface area is 166 Å². The SMILES string of the molecule is Cc1sc(C2=C(O)C(C)N(c3cccc(Cl)c3)C2=N)nc1-c1ccccc1. The number of halogens is 1. The summed E-state index contributed by atoms with van der Waals surface area (Å²) in [5.41, 5.74) is 3.18. The maximum atomic E-state index is 10.8. The zero-order valence-electron chi connectivity index (χ0n) is 14.9. The molecule has 1 unspecified atom stereocenters. The van der Waals surface area contributed by atoms with Gasteiger partial charge in [0.05, 0.1) is 17.3 Å². The molecule has 0 aliphatic carbocycles. The number of hydrogen-bond acceptors (Lipinski definition) is 4. The molecule has 4 nitrogen and oxygen atoms in total. The molecule has 2 heterocycles. The molecule has 136 valence electrons. The lowest BCUT2D eigenvalue weighted by atomic mass is 10.1. The minimum atomic E-state index is -0.352. The molecule has 0 spiro atoms. The summed E-state index contributed by atoms with van der Waals surface area (Å²) in [5.74, 6) is 0.393. The fraction of sp³-hybridized carbons (Fsp3) is 0.143. The van der Waals surface area contributed by atoms with Crippen molar-refractivity contribution in [1.29, 1.82) is 5.41 Å². The predicted molar refractivity (Wildman–Crippen MR) is 113 cm³/mol. The van der Waals surface area contributed by atoms with Crippen LogP contribution < -0.4 is 4.90 Å². The first kappa shape index (κ1) is 17.8. The summed E-state index contributed by atoms with van der Waals surface area (Å²) in [5, 5.41) is 20.7. The van der Waals surface area contributed by atoms with Crippen molar-refractivity contribution in [1.82, 2.24) is 4.98 Å². The van der Waals surface area contributed by atoms with Crippen LogP contribution in [-0.4, -0.2) is 22.0 Å². The summed E-state index contributed by atoms with van der Waals surface area (Å²) in [6.45, 7) is 3.88. The molecular weight excluding hydrogens is 378 g/mol. The molecule has 6 heteroatoms. The molecule has 4 rings (SSSR count). The van der Waals surface area contributed by atoms with Crippen molar-refractivity contribution in [2.45, 2.75) is 19.9 Å². The number of aliphatic hydroxyl groups is 1. The van der Waals surface area contributed by atoms with Gasteiger partial charge >= 0.3 is 0 Å². The van der Waals surface area contributed by atoms with E-state index in [2.05, 4.69) is 0 Å². The number of nitrogens with zero attached hydrogens (tertiary/aromatic N) is 2. The third-order valence-electron chi connectivity index (χ3n) is 4.66. The first-order valence-electron chi connectivity index (χ1n) is 8.57. The van der Waals surface area contributed by atoms with Crippen molar-refractivity contribution in [2.75, 3.05) is 4.90 Å². The number of aryl methyl sites for hydroxylation is 1. The summed E-state index contributed by atoms with van der Waals surface area (Å²) in [7, 11) is 0. The number of aromatic nitrogens is 1. The molecule has 2 N–H and O–H groups in total. The van der Waals surface area contributed by atoms with E-state index in [0.29, 0.717) is 15.6 Å². The molecule has 0 saturated carbocycles. The van der Waals surface area contributed by atoms with E-state index in [-0.39, 0.29) is 17.6 Å². The van der Waals surface area contributed by atoms with Crippen LogP contribution in [0.1, 0.15) is 16.8 Å². The van der Waals surface area contributed by atoms with Crippen LogP contribution in [0.5, 0.6) is 0 Å².